The molecule has 1 unspecified atom stereocenters. The number of alkyl halides is 5. The van der Waals surface area contributed by atoms with E-state index >= 15 is 0 Å². The van der Waals surface area contributed by atoms with Crippen LogP contribution in [0.15, 0.2) is 90.1 Å². The zero-order valence-electron chi connectivity index (χ0n) is 24.1. The van der Waals surface area contributed by atoms with E-state index in [1.54, 1.807) is 24.5 Å². The Labute approximate surface area is 260 Å². The Morgan fingerprint density at radius 2 is 1.76 bits per heavy atom. The van der Waals surface area contributed by atoms with Crippen LogP contribution in [0, 0.1) is 5.82 Å². The molecule has 8 nitrogen and oxygen atoms in total. The molecule has 0 radical (unpaired) electrons. The molecule has 2 aromatic heterocycles. The van der Waals surface area contributed by atoms with Gasteiger partial charge in [-0.1, -0.05) is 18.2 Å². The van der Waals surface area contributed by atoms with Crippen molar-refractivity contribution in [2.75, 3.05) is 11.9 Å². The quantitative estimate of drug-likeness (QED) is 0.207. The highest BCUT2D eigenvalue weighted by Crippen LogP contribution is 2.36. The Balaban J connectivity index is 1.41. The monoisotopic (exact) mass is 663 g/mol. The zero-order valence-corrected chi connectivity index (χ0v) is 24.9. The normalized spacial score (nSPS) is 17.4. The van der Waals surface area contributed by atoms with Crippen LogP contribution in [-0.2, 0) is 27.5 Å². The topological polar surface area (TPSA) is 104 Å². The Hall–Kier alpha value is -4.50. The van der Waals surface area contributed by atoms with Gasteiger partial charge < -0.3 is 10.6 Å². The highest BCUT2D eigenvalue weighted by Gasteiger charge is 2.52. The number of rotatable bonds is 9. The third-order valence-corrected chi connectivity index (χ3v) is 9.23. The molecule has 1 saturated heterocycles. The summed E-state index contributed by atoms with van der Waals surface area (Å²) >= 11 is 0. The SMILES string of the molecule is CC(Nc1cc(CNC(=O)[C@@H]2CC(F)(F)CN2S(=O)(=O)c2ccc(F)cc2)cc(-c2ccc(C(F)(F)F)cc2)n1)c1cccnc1. The summed E-state index contributed by atoms with van der Waals surface area (Å²) in [6.45, 7) is 0.344. The van der Waals surface area contributed by atoms with E-state index in [1.807, 2.05) is 13.0 Å². The van der Waals surface area contributed by atoms with Crippen molar-refractivity contribution in [1.82, 2.24) is 19.6 Å². The fourth-order valence-electron chi connectivity index (χ4n) is 4.99. The van der Waals surface area contributed by atoms with Crippen LogP contribution >= 0.6 is 0 Å². The van der Waals surface area contributed by atoms with Crippen LogP contribution in [0.25, 0.3) is 11.3 Å². The third-order valence-electron chi connectivity index (χ3n) is 7.36. The van der Waals surface area contributed by atoms with Gasteiger partial charge in [-0.05, 0) is 72.6 Å². The van der Waals surface area contributed by atoms with Crippen LogP contribution in [0.4, 0.5) is 32.2 Å². The molecule has 2 N–H and O–H groups in total. The van der Waals surface area contributed by atoms with E-state index in [2.05, 4.69) is 20.6 Å². The zero-order chi connectivity index (χ0) is 33.3. The summed E-state index contributed by atoms with van der Waals surface area (Å²) < 4.78 is 109. The molecular formula is C31H27F6N5O3S. The number of nitrogens with one attached hydrogen (secondary N) is 2. The standard InChI is InChI=1S/C31H27F6N5O3S/c1-19(22-3-2-12-38-17-22)40-28-14-20(13-26(41-28)21-4-6-23(7-5-21)31(35,36)37)16-39-29(43)27-15-30(33,34)18-42(27)46(44,45)25-10-8-24(32)9-11-25/h2-14,17,19,27H,15-16,18H2,1H3,(H,39,43)(H,40,41)/t19?,27-/m0/s1. The van der Waals surface area contributed by atoms with Crippen LogP contribution < -0.4 is 10.6 Å². The van der Waals surface area contributed by atoms with E-state index in [1.165, 1.54) is 18.2 Å². The number of amides is 1. The summed E-state index contributed by atoms with van der Waals surface area (Å²) in [6, 6.07) is 12.5. The molecule has 242 valence electrons. The lowest BCUT2D eigenvalue weighted by Crippen LogP contribution is -2.45. The number of carbonyl (C=O) groups excluding carboxylic acids is 1. The van der Waals surface area contributed by atoms with E-state index < -0.39 is 63.3 Å². The number of carbonyl (C=O) groups is 1. The van der Waals surface area contributed by atoms with E-state index in [9.17, 15) is 39.6 Å². The van der Waals surface area contributed by atoms with Gasteiger partial charge in [0, 0.05) is 30.9 Å². The number of pyridine rings is 2. The number of hydrogen-bond acceptors (Lipinski definition) is 6. The Morgan fingerprint density at radius 1 is 1.07 bits per heavy atom. The molecule has 5 rings (SSSR count). The lowest BCUT2D eigenvalue weighted by Gasteiger charge is -2.23. The second-order valence-corrected chi connectivity index (χ2v) is 12.7. The van der Waals surface area contributed by atoms with Crippen molar-refractivity contribution >= 4 is 21.7 Å². The second kappa shape index (κ2) is 12.7. The van der Waals surface area contributed by atoms with Crippen LogP contribution in [0.1, 0.15) is 36.1 Å². The molecule has 0 bridgehead atoms. The minimum Gasteiger partial charge on any atom is -0.363 e. The minimum absolute atomic E-state index is 0.253. The van der Waals surface area contributed by atoms with Crippen LogP contribution in [0.2, 0.25) is 0 Å². The average Bonchev–Trinajstić information content (AvgIpc) is 3.36. The first-order chi connectivity index (χ1) is 21.6. The molecule has 15 heteroatoms. The number of anilines is 1. The smallest absolute Gasteiger partial charge is 0.363 e. The number of nitrogens with zero attached hydrogens (tertiary/aromatic N) is 3. The van der Waals surface area contributed by atoms with Gasteiger partial charge in [0.2, 0.25) is 15.9 Å². The summed E-state index contributed by atoms with van der Waals surface area (Å²) in [4.78, 5) is 21.4. The predicted octanol–water partition coefficient (Wildman–Crippen LogP) is 6.19. The second-order valence-electron chi connectivity index (χ2n) is 10.8. The molecule has 1 amide bonds. The van der Waals surface area contributed by atoms with Gasteiger partial charge >= 0.3 is 6.18 Å². The molecular weight excluding hydrogens is 636 g/mol. The molecule has 2 aromatic carbocycles. The van der Waals surface area contributed by atoms with Gasteiger partial charge in [0.25, 0.3) is 5.92 Å². The fraction of sp³-hybridized carbons (Fsp3) is 0.258. The molecule has 0 saturated carbocycles. The number of hydrogen-bond donors (Lipinski definition) is 2. The van der Waals surface area contributed by atoms with E-state index in [4.69, 9.17) is 0 Å². The third kappa shape index (κ3) is 7.48. The van der Waals surface area contributed by atoms with E-state index in [-0.39, 0.29) is 18.3 Å². The maximum absolute atomic E-state index is 14.5. The van der Waals surface area contributed by atoms with Gasteiger partial charge in [-0.3, -0.25) is 9.78 Å². The molecule has 2 atom stereocenters. The van der Waals surface area contributed by atoms with Crippen LogP contribution in [0.3, 0.4) is 0 Å². The minimum atomic E-state index is -4.59. The molecule has 46 heavy (non-hydrogen) atoms. The molecule has 1 fully saturated rings. The first kappa shape index (κ1) is 32.9. The highest BCUT2D eigenvalue weighted by molar-refractivity contribution is 7.89. The van der Waals surface area contributed by atoms with Gasteiger partial charge in [-0.2, -0.15) is 17.5 Å². The molecule has 3 heterocycles. The summed E-state index contributed by atoms with van der Waals surface area (Å²) in [5.74, 6) is -4.92. The van der Waals surface area contributed by atoms with Gasteiger partial charge in [0.15, 0.2) is 0 Å². The van der Waals surface area contributed by atoms with Crippen molar-refractivity contribution in [3.05, 3.63) is 108 Å². The van der Waals surface area contributed by atoms with Crippen LogP contribution in [-0.4, -0.2) is 47.1 Å². The van der Waals surface area contributed by atoms with Gasteiger partial charge in [0.05, 0.1) is 28.7 Å². The number of halogens is 6. The molecule has 1 aliphatic heterocycles. The van der Waals surface area contributed by atoms with Crippen molar-refractivity contribution in [1.29, 1.82) is 0 Å². The summed E-state index contributed by atoms with van der Waals surface area (Å²) in [5.41, 5.74) is 0.955. The first-order valence-corrected chi connectivity index (χ1v) is 15.3. The fourth-order valence-corrected chi connectivity index (χ4v) is 6.61. The molecule has 0 aliphatic carbocycles. The molecule has 1 aliphatic rings. The highest BCUT2D eigenvalue weighted by atomic mass is 32.2. The lowest BCUT2D eigenvalue weighted by atomic mass is 10.1. The number of benzene rings is 2. The van der Waals surface area contributed by atoms with Crippen molar-refractivity contribution in [3.63, 3.8) is 0 Å². The van der Waals surface area contributed by atoms with Gasteiger partial charge in [-0.25, -0.2) is 26.6 Å². The largest absolute Gasteiger partial charge is 0.416 e. The Morgan fingerprint density at radius 3 is 2.39 bits per heavy atom. The number of sulfonamides is 1. The number of aromatic nitrogens is 2. The Bertz CT molecular complexity index is 1810. The maximum Gasteiger partial charge on any atom is 0.416 e. The lowest BCUT2D eigenvalue weighted by molar-refractivity contribution is -0.137. The first-order valence-electron chi connectivity index (χ1n) is 13.9. The summed E-state index contributed by atoms with van der Waals surface area (Å²) in [6.07, 6.45) is -2.37. The van der Waals surface area contributed by atoms with Crippen molar-refractivity contribution in [2.45, 2.75) is 49.0 Å². The predicted molar refractivity (Wildman–Crippen MR) is 156 cm³/mol. The van der Waals surface area contributed by atoms with Gasteiger partial charge in [0.1, 0.15) is 17.7 Å². The maximum atomic E-state index is 14.5. The van der Waals surface area contributed by atoms with Crippen molar-refractivity contribution < 1.29 is 39.6 Å². The van der Waals surface area contributed by atoms with E-state index in [0.29, 0.717) is 21.2 Å². The summed E-state index contributed by atoms with van der Waals surface area (Å²) in [7, 11) is -4.59. The van der Waals surface area contributed by atoms with Crippen LogP contribution in [0.5, 0.6) is 0 Å². The summed E-state index contributed by atoms with van der Waals surface area (Å²) in [5, 5.41) is 5.70. The average molecular weight is 664 g/mol. The molecule has 4 aromatic rings. The molecule has 0 spiro atoms. The van der Waals surface area contributed by atoms with Crippen molar-refractivity contribution in [2.24, 2.45) is 0 Å². The Kier molecular flexibility index (Phi) is 9.09. The van der Waals surface area contributed by atoms with E-state index in [0.717, 1.165) is 42.0 Å². The van der Waals surface area contributed by atoms with Crippen molar-refractivity contribution in [3.8, 4) is 11.3 Å². The van der Waals surface area contributed by atoms with Gasteiger partial charge in [-0.15, -0.1) is 0 Å².